The van der Waals surface area contributed by atoms with Crippen molar-refractivity contribution in [3.8, 4) is 11.4 Å². The quantitative estimate of drug-likeness (QED) is 0.120. The molecule has 0 aliphatic heterocycles. The molecule has 4 rings (SSSR count). The molecule has 1 N–H and O–H groups in total. The van der Waals surface area contributed by atoms with E-state index in [1.54, 1.807) is 55.6 Å². The van der Waals surface area contributed by atoms with E-state index >= 15 is 0 Å². The Morgan fingerprint density at radius 2 is 1.97 bits per heavy atom. The highest BCUT2D eigenvalue weighted by molar-refractivity contribution is 7.99. The zero-order chi connectivity index (χ0) is 25.7. The Labute approximate surface area is 213 Å². The number of para-hydroxylation sites is 1. The number of carbonyl (C=O) groups excluding carboxylic acids is 1. The van der Waals surface area contributed by atoms with Gasteiger partial charge < -0.3 is 4.74 Å². The number of rotatable bonds is 8. The molecule has 0 saturated heterocycles. The number of ether oxygens (including phenoxy) is 1. The number of hydrogen-bond donors (Lipinski definition) is 1. The number of methoxy groups -OCH3 is 1. The van der Waals surface area contributed by atoms with E-state index in [0.29, 0.717) is 27.5 Å². The third-order valence-electron chi connectivity index (χ3n) is 4.99. The van der Waals surface area contributed by atoms with Gasteiger partial charge in [0.2, 0.25) is 0 Å². The minimum absolute atomic E-state index is 0.0963. The van der Waals surface area contributed by atoms with Crippen molar-refractivity contribution in [1.82, 2.24) is 15.0 Å². The summed E-state index contributed by atoms with van der Waals surface area (Å²) in [6.45, 7) is 0. The van der Waals surface area contributed by atoms with Crippen molar-refractivity contribution < 1.29 is 14.5 Å². The molecule has 1 heterocycles. The maximum Gasteiger partial charge on any atom is 0.270 e. The predicted octanol–water partition coefficient (Wildman–Crippen LogP) is 4.20. The van der Waals surface area contributed by atoms with Gasteiger partial charge in [-0.05, 0) is 42.5 Å². The molecular weight excluding hydrogens is 506 g/mol. The fourth-order valence-electron chi connectivity index (χ4n) is 3.25. The summed E-state index contributed by atoms with van der Waals surface area (Å²) < 4.78 is 6.63. The molecule has 182 valence electrons. The lowest BCUT2D eigenvalue weighted by Gasteiger charge is -2.13. The molecule has 3 aromatic carbocycles. The number of nitro benzene ring substituents is 1. The number of nitrogens with zero attached hydrogens (tertiary/aromatic N) is 4. The van der Waals surface area contributed by atoms with Gasteiger partial charge in [-0.15, -0.1) is 0 Å². The summed E-state index contributed by atoms with van der Waals surface area (Å²) in [5, 5.41) is 15.8. The van der Waals surface area contributed by atoms with Gasteiger partial charge in [0.05, 0.1) is 40.6 Å². The number of amides is 1. The number of benzene rings is 3. The number of fused-ring (bicyclic) bond motifs is 1. The Bertz CT molecular complexity index is 1540. The van der Waals surface area contributed by atoms with Crippen LogP contribution in [-0.2, 0) is 4.79 Å². The van der Waals surface area contributed by atoms with Crippen LogP contribution in [0.25, 0.3) is 16.6 Å². The van der Waals surface area contributed by atoms with Crippen molar-refractivity contribution in [1.29, 1.82) is 0 Å². The number of hydrogen-bond acceptors (Lipinski definition) is 8. The van der Waals surface area contributed by atoms with Gasteiger partial charge in [0.15, 0.2) is 5.16 Å². The first-order chi connectivity index (χ1) is 17.4. The minimum atomic E-state index is -0.554. The minimum Gasteiger partial charge on any atom is -0.497 e. The smallest absolute Gasteiger partial charge is 0.270 e. The molecule has 0 saturated carbocycles. The average Bonchev–Trinajstić information content (AvgIpc) is 2.88. The monoisotopic (exact) mass is 523 g/mol. The topological polar surface area (TPSA) is 129 Å². The summed E-state index contributed by atoms with van der Waals surface area (Å²) >= 11 is 7.10. The van der Waals surface area contributed by atoms with Crippen LogP contribution in [0, 0.1) is 10.1 Å². The predicted molar refractivity (Wildman–Crippen MR) is 138 cm³/mol. The molecule has 0 atom stereocenters. The number of carbonyl (C=O) groups is 1. The van der Waals surface area contributed by atoms with Gasteiger partial charge in [-0.1, -0.05) is 35.5 Å². The van der Waals surface area contributed by atoms with Crippen molar-refractivity contribution in [3.05, 3.63) is 97.8 Å². The molecule has 0 aliphatic rings. The van der Waals surface area contributed by atoms with E-state index in [1.165, 1.54) is 29.0 Å². The van der Waals surface area contributed by atoms with Crippen molar-refractivity contribution in [2.75, 3.05) is 12.9 Å². The molecule has 0 bridgehead atoms. The zero-order valence-corrected chi connectivity index (χ0v) is 20.3. The number of nitro groups is 1. The summed E-state index contributed by atoms with van der Waals surface area (Å²) in [5.74, 6) is 0.0679. The van der Waals surface area contributed by atoms with E-state index in [9.17, 15) is 19.7 Å². The molecule has 10 nitrogen and oxygen atoms in total. The lowest BCUT2D eigenvalue weighted by atomic mass is 10.2. The average molecular weight is 524 g/mol. The Hall–Kier alpha value is -4.22. The molecule has 4 aromatic rings. The van der Waals surface area contributed by atoms with Crippen molar-refractivity contribution in [2.45, 2.75) is 5.16 Å². The molecule has 0 fully saturated rings. The van der Waals surface area contributed by atoms with E-state index in [2.05, 4.69) is 15.5 Å². The fourth-order valence-corrected chi connectivity index (χ4v) is 4.22. The van der Waals surface area contributed by atoms with Gasteiger partial charge in [-0.2, -0.15) is 5.10 Å². The second-order valence-electron chi connectivity index (χ2n) is 7.29. The first kappa shape index (κ1) is 24.9. The van der Waals surface area contributed by atoms with E-state index in [-0.39, 0.29) is 27.6 Å². The van der Waals surface area contributed by atoms with Crippen LogP contribution >= 0.6 is 23.4 Å². The number of aromatic nitrogens is 2. The van der Waals surface area contributed by atoms with Gasteiger partial charge in [0.25, 0.3) is 17.2 Å². The largest absolute Gasteiger partial charge is 0.497 e. The molecule has 0 radical (unpaired) electrons. The summed E-state index contributed by atoms with van der Waals surface area (Å²) in [7, 11) is 1.55. The third-order valence-corrected chi connectivity index (χ3v) is 6.27. The van der Waals surface area contributed by atoms with Crippen LogP contribution < -0.4 is 15.7 Å². The second kappa shape index (κ2) is 11.0. The summed E-state index contributed by atoms with van der Waals surface area (Å²) in [6, 6.07) is 17.8. The summed E-state index contributed by atoms with van der Waals surface area (Å²) in [4.78, 5) is 40.7. The standard InChI is InChI=1S/C24H18ClN5O5S/c1-35-18-9-6-16(7-10-18)29-23(32)19-4-2-3-5-21(19)27-24(29)36-14-22(31)28-26-13-15-12-17(30(33)34)8-11-20(15)25/h2-13H,14H2,1H3,(H,28,31). The molecule has 12 heteroatoms. The van der Waals surface area contributed by atoms with Crippen LogP contribution in [0.5, 0.6) is 5.75 Å². The van der Waals surface area contributed by atoms with Crippen LogP contribution in [0.4, 0.5) is 5.69 Å². The van der Waals surface area contributed by atoms with Gasteiger partial charge in [-0.25, -0.2) is 10.4 Å². The zero-order valence-electron chi connectivity index (χ0n) is 18.8. The van der Waals surface area contributed by atoms with Crippen molar-refractivity contribution >= 4 is 52.1 Å². The van der Waals surface area contributed by atoms with Gasteiger partial charge in [0, 0.05) is 22.7 Å². The Kier molecular flexibility index (Phi) is 7.62. The van der Waals surface area contributed by atoms with E-state index in [1.807, 2.05) is 0 Å². The number of non-ortho nitro benzene ring substituents is 1. The Balaban J connectivity index is 1.55. The third kappa shape index (κ3) is 5.53. The van der Waals surface area contributed by atoms with Gasteiger partial charge in [-0.3, -0.25) is 24.3 Å². The Morgan fingerprint density at radius 3 is 2.69 bits per heavy atom. The van der Waals surface area contributed by atoms with E-state index < -0.39 is 10.8 Å². The van der Waals surface area contributed by atoms with Crippen LogP contribution in [0.1, 0.15) is 5.56 Å². The summed E-state index contributed by atoms with van der Waals surface area (Å²) in [6.07, 6.45) is 1.22. The molecule has 1 aromatic heterocycles. The van der Waals surface area contributed by atoms with Crippen LogP contribution in [0.3, 0.4) is 0 Å². The number of thioether (sulfide) groups is 1. The van der Waals surface area contributed by atoms with E-state index in [0.717, 1.165) is 11.8 Å². The maximum atomic E-state index is 13.3. The van der Waals surface area contributed by atoms with Crippen molar-refractivity contribution in [3.63, 3.8) is 0 Å². The molecule has 36 heavy (non-hydrogen) atoms. The molecule has 0 aliphatic carbocycles. The molecule has 1 amide bonds. The summed E-state index contributed by atoms with van der Waals surface area (Å²) in [5.41, 5.74) is 3.29. The van der Waals surface area contributed by atoms with Gasteiger partial charge >= 0.3 is 0 Å². The second-order valence-corrected chi connectivity index (χ2v) is 8.64. The normalized spacial score (nSPS) is 11.1. The SMILES string of the molecule is COc1ccc(-n2c(SCC(=O)NN=Cc3cc([N+](=O)[O-])ccc3Cl)nc3ccccc3c2=O)cc1. The van der Waals surface area contributed by atoms with E-state index in [4.69, 9.17) is 16.3 Å². The highest BCUT2D eigenvalue weighted by atomic mass is 35.5. The fraction of sp³-hybridized carbons (Fsp3) is 0.0833. The number of hydrazone groups is 1. The lowest BCUT2D eigenvalue weighted by molar-refractivity contribution is -0.384. The Morgan fingerprint density at radius 1 is 1.22 bits per heavy atom. The molecule has 0 spiro atoms. The maximum absolute atomic E-state index is 13.3. The van der Waals surface area contributed by atoms with Gasteiger partial charge in [0.1, 0.15) is 5.75 Å². The number of halogens is 1. The lowest BCUT2D eigenvalue weighted by Crippen LogP contribution is -2.24. The van der Waals surface area contributed by atoms with Crippen LogP contribution in [0.15, 0.2) is 81.8 Å². The molecule has 0 unspecified atom stereocenters. The van der Waals surface area contributed by atoms with Crippen molar-refractivity contribution in [2.24, 2.45) is 5.10 Å². The molecular formula is C24H18ClN5O5S. The highest BCUT2D eigenvalue weighted by Gasteiger charge is 2.15. The van der Waals surface area contributed by atoms with Crippen LogP contribution in [0.2, 0.25) is 5.02 Å². The first-order valence-corrected chi connectivity index (χ1v) is 11.8. The highest BCUT2D eigenvalue weighted by Crippen LogP contribution is 2.23. The first-order valence-electron chi connectivity index (χ1n) is 10.4. The van der Waals surface area contributed by atoms with Crippen LogP contribution in [-0.4, -0.2) is 39.5 Å². The number of nitrogens with one attached hydrogen (secondary N) is 1.